The number of esters is 1. The highest BCUT2D eigenvalue weighted by atomic mass is 32.1. The predicted octanol–water partition coefficient (Wildman–Crippen LogP) is 4.44. The van der Waals surface area contributed by atoms with Gasteiger partial charge in [0.15, 0.2) is 0 Å². The Morgan fingerprint density at radius 2 is 2.03 bits per heavy atom. The van der Waals surface area contributed by atoms with Gasteiger partial charge in [-0.3, -0.25) is 14.5 Å². The Morgan fingerprint density at radius 1 is 1.29 bits per heavy atom. The third-order valence-electron chi connectivity index (χ3n) is 6.30. The number of hydrogen-bond donors (Lipinski definition) is 1. The number of nitrogens with one attached hydrogen (secondary N) is 1. The smallest absolute Gasteiger partial charge is 0.326 e. The van der Waals surface area contributed by atoms with Gasteiger partial charge in [-0.15, -0.1) is 11.3 Å². The van der Waals surface area contributed by atoms with Gasteiger partial charge >= 0.3 is 12.0 Å². The average Bonchev–Trinajstić information content (AvgIpc) is 3.44. The van der Waals surface area contributed by atoms with Crippen LogP contribution in [0.25, 0.3) is 10.6 Å². The van der Waals surface area contributed by atoms with Gasteiger partial charge in [0.25, 0.3) is 5.91 Å². The molecule has 0 unspecified atom stereocenters. The van der Waals surface area contributed by atoms with Crippen molar-refractivity contribution in [2.75, 3.05) is 6.54 Å². The summed E-state index contributed by atoms with van der Waals surface area (Å²) >= 11 is 3.08. The van der Waals surface area contributed by atoms with E-state index >= 15 is 0 Å². The van der Waals surface area contributed by atoms with Crippen molar-refractivity contribution in [3.63, 3.8) is 0 Å². The van der Waals surface area contributed by atoms with Crippen LogP contribution in [-0.2, 0) is 20.9 Å². The van der Waals surface area contributed by atoms with Gasteiger partial charge in [-0.25, -0.2) is 9.78 Å². The number of carbonyl (C=O) groups is 3. The second kappa shape index (κ2) is 8.35. The van der Waals surface area contributed by atoms with E-state index in [1.165, 1.54) is 11.3 Å². The van der Waals surface area contributed by atoms with Gasteiger partial charge in [-0.2, -0.15) is 11.3 Å². The Hall–Kier alpha value is -2.26. The van der Waals surface area contributed by atoms with Crippen molar-refractivity contribution in [2.24, 2.45) is 11.3 Å². The lowest BCUT2D eigenvalue weighted by atomic mass is 9.67. The summed E-state index contributed by atoms with van der Waals surface area (Å²) in [6.07, 6.45) is 2.97. The highest BCUT2D eigenvalue weighted by Gasteiger charge is 2.53. The molecule has 1 spiro atoms. The van der Waals surface area contributed by atoms with Crippen molar-refractivity contribution >= 4 is 40.6 Å². The molecule has 2 fully saturated rings. The van der Waals surface area contributed by atoms with E-state index in [1.807, 2.05) is 22.2 Å². The summed E-state index contributed by atoms with van der Waals surface area (Å²) in [5, 5.41) is 9.57. The minimum absolute atomic E-state index is 0.0154. The first-order chi connectivity index (χ1) is 14.7. The summed E-state index contributed by atoms with van der Waals surface area (Å²) < 4.78 is 5.29. The fraction of sp³-hybridized carbons (Fsp3) is 0.545. The van der Waals surface area contributed by atoms with Gasteiger partial charge in [0, 0.05) is 16.3 Å². The summed E-state index contributed by atoms with van der Waals surface area (Å²) in [6.45, 7) is 6.26. The summed E-state index contributed by atoms with van der Waals surface area (Å²) in [4.78, 5) is 43.3. The third-order valence-corrected chi connectivity index (χ3v) is 7.92. The molecule has 1 aliphatic carbocycles. The first-order valence-electron chi connectivity index (χ1n) is 10.4. The van der Waals surface area contributed by atoms with Crippen LogP contribution in [0.3, 0.4) is 0 Å². The number of rotatable bonds is 5. The molecule has 0 bridgehead atoms. The largest absolute Gasteiger partial charge is 0.458 e. The molecule has 7 nitrogen and oxygen atoms in total. The van der Waals surface area contributed by atoms with E-state index in [9.17, 15) is 14.4 Å². The van der Waals surface area contributed by atoms with Crippen LogP contribution >= 0.6 is 22.7 Å². The van der Waals surface area contributed by atoms with Crippen molar-refractivity contribution in [2.45, 2.75) is 58.6 Å². The molecule has 2 aliphatic rings. The lowest BCUT2D eigenvalue weighted by Gasteiger charge is -2.40. The van der Waals surface area contributed by atoms with Crippen LogP contribution in [0.2, 0.25) is 0 Å². The monoisotopic (exact) mass is 461 g/mol. The molecule has 1 N–H and O–H groups in total. The Labute approximate surface area is 189 Å². The van der Waals surface area contributed by atoms with E-state index < -0.39 is 17.5 Å². The highest BCUT2D eigenvalue weighted by molar-refractivity contribution is 7.14. The van der Waals surface area contributed by atoms with E-state index in [4.69, 9.17) is 4.74 Å². The number of ether oxygens (including phenoxy) is 1. The first kappa shape index (κ1) is 22.0. The van der Waals surface area contributed by atoms with Crippen molar-refractivity contribution in [1.82, 2.24) is 15.2 Å². The molecule has 9 heteroatoms. The molecule has 166 valence electrons. The van der Waals surface area contributed by atoms with Gasteiger partial charge in [-0.1, -0.05) is 20.8 Å². The molecule has 4 rings (SSSR count). The summed E-state index contributed by atoms with van der Waals surface area (Å²) in [7, 11) is 0. The fourth-order valence-electron chi connectivity index (χ4n) is 4.36. The number of imide groups is 1. The van der Waals surface area contributed by atoms with E-state index in [0.29, 0.717) is 24.5 Å². The Bertz CT molecular complexity index is 969. The predicted molar refractivity (Wildman–Crippen MR) is 120 cm³/mol. The van der Waals surface area contributed by atoms with Crippen LogP contribution in [0.5, 0.6) is 0 Å². The maximum Gasteiger partial charge on any atom is 0.326 e. The van der Waals surface area contributed by atoms with E-state index in [1.54, 1.807) is 11.3 Å². The molecule has 2 aromatic rings. The van der Waals surface area contributed by atoms with Crippen molar-refractivity contribution in [3.8, 4) is 10.6 Å². The highest BCUT2D eigenvalue weighted by Crippen LogP contribution is 2.43. The van der Waals surface area contributed by atoms with Gasteiger partial charge in [0.05, 0.1) is 5.69 Å². The molecule has 3 amide bonds. The molecule has 2 aromatic heterocycles. The Kier molecular flexibility index (Phi) is 5.91. The van der Waals surface area contributed by atoms with Crippen LogP contribution in [-0.4, -0.2) is 39.9 Å². The van der Waals surface area contributed by atoms with Crippen LogP contribution in [0.4, 0.5) is 4.79 Å². The van der Waals surface area contributed by atoms with Gasteiger partial charge in [-0.05, 0) is 48.5 Å². The molecule has 0 aromatic carbocycles. The van der Waals surface area contributed by atoms with Gasteiger partial charge in [0.1, 0.15) is 23.7 Å². The summed E-state index contributed by atoms with van der Waals surface area (Å²) in [6, 6.07) is 1.48. The zero-order valence-electron chi connectivity index (χ0n) is 18.0. The topological polar surface area (TPSA) is 88.6 Å². The van der Waals surface area contributed by atoms with Crippen LogP contribution in [0.1, 0.15) is 52.1 Å². The van der Waals surface area contributed by atoms with Crippen LogP contribution in [0, 0.1) is 11.3 Å². The first-order valence-corrected chi connectivity index (χ1v) is 12.3. The van der Waals surface area contributed by atoms with Gasteiger partial charge in [0.2, 0.25) is 0 Å². The molecular formula is C22H27N3O4S2. The van der Waals surface area contributed by atoms with Gasteiger partial charge < -0.3 is 10.1 Å². The SMILES string of the molecule is CC(C)(C)C1CCC2(CC1)NC(=O)N(CC(=O)OCc1csc(-c3ccsc3)n1)C2=O. The lowest BCUT2D eigenvalue weighted by Crippen LogP contribution is -2.50. The number of thiazole rings is 1. The molecule has 0 atom stereocenters. The van der Waals surface area contributed by atoms with E-state index in [-0.39, 0.29) is 24.5 Å². The van der Waals surface area contributed by atoms with Crippen LogP contribution < -0.4 is 5.32 Å². The van der Waals surface area contributed by atoms with Crippen molar-refractivity contribution in [1.29, 1.82) is 0 Å². The number of thiophene rings is 1. The normalized spacial score (nSPS) is 24.0. The Balaban J connectivity index is 1.31. The maximum absolute atomic E-state index is 13.0. The average molecular weight is 462 g/mol. The minimum atomic E-state index is -0.872. The van der Waals surface area contributed by atoms with Crippen molar-refractivity contribution in [3.05, 3.63) is 27.9 Å². The molecule has 1 aliphatic heterocycles. The molecule has 1 saturated heterocycles. The number of urea groups is 1. The zero-order valence-corrected chi connectivity index (χ0v) is 19.6. The summed E-state index contributed by atoms with van der Waals surface area (Å²) in [5.74, 6) is -0.414. The van der Waals surface area contributed by atoms with E-state index in [2.05, 4.69) is 31.1 Å². The minimum Gasteiger partial charge on any atom is -0.458 e. The number of amides is 3. The zero-order chi connectivity index (χ0) is 22.2. The number of nitrogens with zero attached hydrogens (tertiary/aromatic N) is 2. The molecule has 3 heterocycles. The van der Waals surface area contributed by atoms with Crippen LogP contribution in [0.15, 0.2) is 22.2 Å². The molecule has 1 saturated carbocycles. The maximum atomic E-state index is 13.0. The number of hydrogen-bond acceptors (Lipinski definition) is 7. The number of carbonyl (C=O) groups excluding carboxylic acids is 3. The van der Waals surface area contributed by atoms with Crippen molar-refractivity contribution < 1.29 is 19.1 Å². The Morgan fingerprint density at radius 3 is 2.68 bits per heavy atom. The number of aromatic nitrogens is 1. The molecule has 31 heavy (non-hydrogen) atoms. The molecule has 0 radical (unpaired) electrons. The summed E-state index contributed by atoms with van der Waals surface area (Å²) in [5.41, 5.74) is 0.992. The fourth-order valence-corrected chi connectivity index (χ4v) is 5.87. The second-order valence-electron chi connectivity index (χ2n) is 9.36. The third kappa shape index (κ3) is 4.52. The molecular weight excluding hydrogens is 434 g/mol. The second-order valence-corrected chi connectivity index (χ2v) is 11.0. The van der Waals surface area contributed by atoms with E-state index in [0.717, 1.165) is 28.3 Å². The standard InChI is InChI=1S/C22H27N3O4S2/c1-21(2,3)15-4-7-22(8-5-15)19(27)25(20(28)24-22)10-17(26)29-11-16-13-31-18(23-16)14-6-9-30-12-14/h6,9,12-13,15H,4-5,7-8,10-11H2,1-3H3,(H,24,28). The lowest BCUT2D eigenvalue weighted by molar-refractivity contribution is -0.149. The quantitative estimate of drug-likeness (QED) is 0.525.